The van der Waals surface area contributed by atoms with E-state index in [4.69, 9.17) is 0 Å². The standard InChI is InChI=1S/C13H18N4O3S/c1-14-9-13(18)16-10-4-2-5-11(8-10)21(19,20)17-12-6-3-7-15-12/h2,4-5,8,14H,3,6-7,9H2,1H3,(H,15,17)(H,16,18). The molecule has 7 nitrogen and oxygen atoms in total. The van der Waals surface area contributed by atoms with Gasteiger partial charge in [-0.3, -0.25) is 14.5 Å². The lowest BCUT2D eigenvalue weighted by molar-refractivity contribution is -0.115. The van der Waals surface area contributed by atoms with E-state index < -0.39 is 10.0 Å². The fraction of sp³-hybridized carbons (Fsp3) is 0.385. The molecule has 0 bridgehead atoms. The summed E-state index contributed by atoms with van der Waals surface area (Å²) in [6, 6.07) is 6.12. The van der Waals surface area contributed by atoms with Gasteiger partial charge in [0.2, 0.25) is 5.91 Å². The van der Waals surface area contributed by atoms with Crippen LogP contribution in [0.4, 0.5) is 5.69 Å². The molecule has 2 rings (SSSR count). The minimum absolute atomic E-state index is 0.0966. The average Bonchev–Trinajstić information content (AvgIpc) is 2.91. The Bertz CT molecular complexity index is 655. The Hall–Kier alpha value is -1.93. The number of sulfonamides is 1. The van der Waals surface area contributed by atoms with Crippen LogP contribution < -0.4 is 15.4 Å². The van der Waals surface area contributed by atoms with Crippen LogP contribution in [0, 0.1) is 0 Å². The second kappa shape index (κ2) is 6.68. The van der Waals surface area contributed by atoms with Crippen LogP contribution in [0.25, 0.3) is 0 Å². The second-order valence-corrected chi connectivity index (χ2v) is 6.33. The summed E-state index contributed by atoms with van der Waals surface area (Å²) in [6.45, 7) is 0.810. The highest BCUT2D eigenvalue weighted by atomic mass is 32.2. The predicted molar refractivity (Wildman–Crippen MR) is 80.9 cm³/mol. The maximum atomic E-state index is 12.2. The van der Waals surface area contributed by atoms with Gasteiger partial charge in [0.25, 0.3) is 10.0 Å². The van der Waals surface area contributed by atoms with Crippen molar-refractivity contribution in [1.82, 2.24) is 10.0 Å². The van der Waals surface area contributed by atoms with Gasteiger partial charge >= 0.3 is 0 Å². The Morgan fingerprint density at radius 3 is 2.86 bits per heavy atom. The number of amidine groups is 1. The third-order valence-electron chi connectivity index (χ3n) is 2.89. The number of hydrogen-bond acceptors (Lipinski definition) is 5. The van der Waals surface area contributed by atoms with Crippen molar-refractivity contribution in [2.24, 2.45) is 4.99 Å². The molecule has 0 radical (unpaired) electrons. The minimum Gasteiger partial charge on any atom is -0.325 e. The number of benzene rings is 1. The summed E-state index contributed by atoms with van der Waals surface area (Å²) in [5.74, 6) is 0.250. The normalized spacial score (nSPS) is 14.6. The first-order chi connectivity index (χ1) is 10.0. The number of amides is 1. The van der Waals surface area contributed by atoms with Crippen molar-refractivity contribution >= 4 is 27.5 Å². The summed E-state index contributed by atoms with van der Waals surface area (Å²) >= 11 is 0. The molecule has 0 spiro atoms. The molecule has 0 saturated carbocycles. The zero-order valence-electron chi connectivity index (χ0n) is 11.7. The van der Waals surface area contributed by atoms with Crippen LogP contribution in [0.15, 0.2) is 34.2 Å². The fourth-order valence-corrected chi connectivity index (χ4v) is 3.08. The molecule has 0 saturated heterocycles. The summed E-state index contributed by atoms with van der Waals surface area (Å²) in [4.78, 5) is 15.7. The lowest BCUT2D eigenvalue weighted by Crippen LogP contribution is -2.29. The van der Waals surface area contributed by atoms with Gasteiger partial charge in [-0.1, -0.05) is 6.07 Å². The molecule has 21 heavy (non-hydrogen) atoms. The number of nitrogens with zero attached hydrogens (tertiary/aromatic N) is 1. The lowest BCUT2D eigenvalue weighted by atomic mass is 10.3. The van der Waals surface area contributed by atoms with Crippen LogP contribution in [0.3, 0.4) is 0 Å². The van der Waals surface area contributed by atoms with Crippen molar-refractivity contribution in [2.75, 3.05) is 25.5 Å². The van der Waals surface area contributed by atoms with Crippen molar-refractivity contribution in [1.29, 1.82) is 0 Å². The summed E-state index contributed by atoms with van der Waals surface area (Å²) in [5, 5.41) is 5.35. The number of aliphatic imine (C=N–C) groups is 1. The van der Waals surface area contributed by atoms with Gasteiger partial charge in [0, 0.05) is 18.7 Å². The highest BCUT2D eigenvalue weighted by molar-refractivity contribution is 7.90. The molecule has 0 fully saturated rings. The van der Waals surface area contributed by atoms with Crippen molar-refractivity contribution in [3.63, 3.8) is 0 Å². The zero-order valence-corrected chi connectivity index (χ0v) is 12.5. The van der Waals surface area contributed by atoms with Crippen molar-refractivity contribution < 1.29 is 13.2 Å². The highest BCUT2D eigenvalue weighted by Gasteiger charge is 2.18. The van der Waals surface area contributed by atoms with E-state index in [2.05, 4.69) is 20.3 Å². The zero-order chi connectivity index (χ0) is 15.3. The molecule has 8 heteroatoms. The highest BCUT2D eigenvalue weighted by Crippen LogP contribution is 2.16. The Morgan fingerprint density at radius 2 is 2.19 bits per heavy atom. The Balaban J connectivity index is 2.14. The third-order valence-corrected chi connectivity index (χ3v) is 4.27. The molecule has 1 aliphatic heterocycles. The molecular weight excluding hydrogens is 292 g/mol. The van der Waals surface area contributed by atoms with Crippen molar-refractivity contribution in [3.05, 3.63) is 24.3 Å². The maximum Gasteiger partial charge on any atom is 0.262 e. The molecule has 3 N–H and O–H groups in total. The quantitative estimate of drug-likeness (QED) is 0.729. The third kappa shape index (κ3) is 4.27. The Kier molecular flexibility index (Phi) is 4.92. The number of carbonyl (C=O) groups is 1. The van der Waals surface area contributed by atoms with Crippen LogP contribution in [0.5, 0.6) is 0 Å². The van der Waals surface area contributed by atoms with Crippen molar-refractivity contribution in [2.45, 2.75) is 17.7 Å². The molecule has 1 aliphatic rings. The second-order valence-electron chi connectivity index (χ2n) is 4.64. The van der Waals surface area contributed by atoms with E-state index in [9.17, 15) is 13.2 Å². The predicted octanol–water partition coefficient (Wildman–Crippen LogP) is 0.315. The molecule has 0 atom stereocenters. The summed E-state index contributed by atoms with van der Waals surface area (Å²) in [6.07, 6.45) is 1.50. The average molecular weight is 310 g/mol. The minimum atomic E-state index is -3.66. The molecule has 1 heterocycles. The molecule has 1 amide bonds. The van der Waals surface area contributed by atoms with E-state index in [1.54, 1.807) is 19.2 Å². The van der Waals surface area contributed by atoms with Gasteiger partial charge in [-0.15, -0.1) is 0 Å². The first kappa shape index (κ1) is 15.5. The topological polar surface area (TPSA) is 99.7 Å². The molecular formula is C13H18N4O3S. The molecule has 0 aromatic heterocycles. The van der Waals surface area contributed by atoms with Gasteiger partial charge in [-0.25, -0.2) is 8.42 Å². The van der Waals surface area contributed by atoms with Gasteiger partial charge in [-0.05, 0) is 31.7 Å². The smallest absolute Gasteiger partial charge is 0.262 e. The molecule has 1 aromatic carbocycles. The van der Waals surface area contributed by atoms with Gasteiger partial charge in [0.1, 0.15) is 5.84 Å². The number of carbonyl (C=O) groups excluding carboxylic acids is 1. The SMILES string of the molecule is CNCC(=O)Nc1cccc(S(=O)(=O)NC2=NCCC2)c1. The van der Waals surface area contributed by atoms with Crippen LogP contribution in [-0.2, 0) is 14.8 Å². The first-order valence-corrected chi connectivity index (χ1v) is 8.10. The molecule has 114 valence electrons. The maximum absolute atomic E-state index is 12.2. The summed E-state index contributed by atoms with van der Waals surface area (Å²) in [7, 11) is -2.00. The first-order valence-electron chi connectivity index (χ1n) is 6.62. The van der Waals surface area contributed by atoms with Gasteiger partial charge < -0.3 is 10.6 Å². The summed E-state index contributed by atoms with van der Waals surface area (Å²) in [5.41, 5.74) is 0.437. The Morgan fingerprint density at radius 1 is 1.38 bits per heavy atom. The number of anilines is 1. The number of hydrogen-bond donors (Lipinski definition) is 3. The van der Waals surface area contributed by atoms with E-state index in [0.717, 1.165) is 6.42 Å². The number of rotatable bonds is 5. The van der Waals surface area contributed by atoms with Crippen molar-refractivity contribution in [3.8, 4) is 0 Å². The van der Waals surface area contributed by atoms with E-state index in [1.807, 2.05) is 0 Å². The van der Waals surface area contributed by atoms with Gasteiger partial charge in [0.15, 0.2) is 0 Å². The summed E-state index contributed by atoms with van der Waals surface area (Å²) < 4.78 is 26.9. The van der Waals surface area contributed by atoms with Gasteiger partial charge in [-0.2, -0.15) is 0 Å². The molecule has 0 aliphatic carbocycles. The molecule has 0 unspecified atom stereocenters. The fourth-order valence-electron chi connectivity index (χ4n) is 1.94. The van der Waals surface area contributed by atoms with Crippen LogP contribution >= 0.6 is 0 Å². The number of nitrogens with one attached hydrogen (secondary N) is 3. The molecule has 1 aromatic rings. The number of likely N-dealkylation sites (N-methyl/N-ethyl adjacent to an activating group) is 1. The monoisotopic (exact) mass is 310 g/mol. The lowest BCUT2D eigenvalue weighted by Gasteiger charge is -2.10. The van der Waals surface area contributed by atoms with Crippen LogP contribution in [-0.4, -0.2) is 40.3 Å². The van der Waals surface area contributed by atoms with Crippen LogP contribution in [0.1, 0.15) is 12.8 Å². The van der Waals surface area contributed by atoms with E-state index in [0.29, 0.717) is 24.5 Å². The van der Waals surface area contributed by atoms with E-state index in [1.165, 1.54) is 12.1 Å². The Labute approximate surface area is 123 Å². The van der Waals surface area contributed by atoms with E-state index >= 15 is 0 Å². The van der Waals surface area contributed by atoms with E-state index in [-0.39, 0.29) is 17.3 Å². The van der Waals surface area contributed by atoms with Gasteiger partial charge in [0.05, 0.1) is 11.4 Å². The van der Waals surface area contributed by atoms with Crippen LogP contribution in [0.2, 0.25) is 0 Å². The largest absolute Gasteiger partial charge is 0.325 e.